The van der Waals surface area contributed by atoms with Gasteiger partial charge in [-0.05, 0) is 6.92 Å². The van der Waals surface area contributed by atoms with E-state index in [1.54, 1.807) is 0 Å². The first kappa shape index (κ1) is 9.88. The third kappa shape index (κ3) is 7.88. The van der Waals surface area contributed by atoms with Gasteiger partial charge >= 0.3 is 0 Å². The zero-order valence-corrected chi connectivity index (χ0v) is 6.64. The van der Waals surface area contributed by atoms with Gasteiger partial charge < -0.3 is 14.8 Å². The molecule has 0 atom stereocenters. The molecular weight excluding hydrogens is 130 g/mol. The molecule has 0 fully saturated rings. The van der Waals surface area contributed by atoms with Crippen LogP contribution in [0.3, 0.4) is 0 Å². The normalized spacial score (nSPS) is 10.2. The Morgan fingerprint density at radius 2 is 1.90 bits per heavy atom. The van der Waals surface area contributed by atoms with E-state index < -0.39 is 0 Å². The highest BCUT2D eigenvalue weighted by molar-refractivity contribution is 4.28. The van der Waals surface area contributed by atoms with Crippen LogP contribution in [-0.4, -0.2) is 33.0 Å². The van der Waals surface area contributed by atoms with E-state index in [0.717, 1.165) is 19.8 Å². The Morgan fingerprint density at radius 3 is 2.50 bits per heavy atom. The van der Waals surface area contributed by atoms with Crippen molar-refractivity contribution >= 4 is 0 Å². The van der Waals surface area contributed by atoms with E-state index in [4.69, 9.17) is 9.47 Å². The Morgan fingerprint density at radius 1 is 1.20 bits per heavy atom. The maximum Gasteiger partial charge on any atom is 0.0935 e. The van der Waals surface area contributed by atoms with Gasteiger partial charge in [0.2, 0.25) is 0 Å². The minimum absolute atomic E-state index is 0.696. The SMILES string of the molecule is [CH2-][NH2+]CCOCCOCC. The van der Waals surface area contributed by atoms with Crippen LogP contribution in [0, 0.1) is 7.05 Å². The van der Waals surface area contributed by atoms with Crippen LogP contribution < -0.4 is 5.32 Å². The predicted octanol–water partition coefficient (Wildman–Crippen LogP) is -0.606. The van der Waals surface area contributed by atoms with Crippen molar-refractivity contribution in [1.29, 1.82) is 0 Å². The second-order valence-corrected chi connectivity index (χ2v) is 1.89. The molecule has 10 heavy (non-hydrogen) atoms. The number of hydrogen-bond acceptors (Lipinski definition) is 2. The Hall–Kier alpha value is -0.120. The highest BCUT2D eigenvalue weighted by atomic mass is 16.5. The second-order valence-electron chi connectivity index (χ2n) is 1.89. The Labute approximate surface area is 62.7 Å². The van der Waals surface area contributed by atoms with E-state index in [1.165, 1.54) is 0 Å². The maximum absolute atomic E-state index is 5.18. The lowest BCUT2D eigenvalue weighted by Gasteiger charge is -2.03. The van der Waals surface area contributed by atoms with Crippen LogP contribution in [0.5, 0.6) is 0 Å². The molecule has 0 saturated heterocycles. The molecular formula is C7H17NO2. The van der Waals surface area contributed by atoms with Gasteiger partial charge in [0.25, 0.3) is 0 Å². The third-order valence-corrected chi connectivity index (χ3v) is 1.04. The molecule has 0 bridgehead atoms. The topological polar surface area (TPSA) is 35.1 Å². The molecule has 3 nitrogen and oxygen atoms in total. The van der Waals surface area contributed by atoms with Crippen molar-refractivity contribution in [2.45, 2.75) is 6.92 Å². The summed E-state index contributed by atoms with van der Waals surface area (Å²) in [5.41, 5.74) is 0. The maximum atomic E-state index is 5.18. The van der Waals surface area contributed by atoms with E-state index in [9.17, 15) is 0 Å². The fraction of sp³-hybridized carbons (Fsp3) is 0.857. The molecule has 0 rings (SSSR count). The van der Waals surface area contributed by atoms with E-state index in [1.807, 2.05) is 12.2 Å². The number of rotatable bonds is 7. The summed E-state index contributed by atoms with van der Waals surface area (Å²) in [6.07, 6.45) is 0. The molecule has 0 aromatic carbocycles. The molecule has 0 saturated carbocycles. The lowest BCUT2D eigenvalue weighted by atomic mass is 10.7. The highest BCUT2D eigenvalue weighted by Gasteiger charge is 1.86. The van der Waals surface area contributed by atoms with Gasteiger partial charge in [-0.15, -0.1) is 0 Å². The molecule has 0 radical (unpaired) electrons. The molecule has 2 N–H and O–H groups in total. The molecule has 0 heterocycles. The van der Waals surface area contributed by atoms with Crippen molar-refractivity contribution in [3.63, 3.8) is 0 Å². The summed E-state index contributed by atoms with van der Waals surface area (Å²) in [5.74, 6) is 0. The molecule has 0 aliphatic rings. The molecule has 0 unspecified atom stereocenters. The van der Waals surface area contributed by atoms with Gasteiger partial charge in [0.05, 0.1) is 26.4 Å². The summed E-state index contributed by atoms with van der Waals surface area (Å²) in [5, 5.41) is 1.85. The van der Waals surface area contributed by atoms with Crippen LogP contribution in [0.15, 0.2) is 0 Å². The fourth-order valence-electron chi connectivity index (χ4n) is 0.531. The summed E-state index contributed by atoms with van der Waals surface area (Å²) >= 11 is 0. The third-order valence-electron chi connectivity index (χ3n) is 1.04. The van der Waals surface area contributed by atoms with E-state index in [-0.39, 0.29) is 0 Å². The lowest BCUT2D eigenvalue weighted by Crippen LogP contribution is -2.78. The van der Waals surface area contributed by atoms with Gasteiger partial charge in [-0.1, -0.05) is 0 Å². The van der Waals surface area contributed by atoms with Gasteiger partial charge in [-0.2, -0.15) is 7.05 Å². The van der Waals surface area contributed by atoms with Crippen LogP contribution in [0.4, 0.5) is 0 Å². The van der Waals surface area contributed by atoms with Crippen LogP contribution in [-0.2, 0) is 9.47 Å². The van der Waals surface area contributed by atoms with Crippen molar-refractivity contribution in [2.24, 2.45) is 0 Å². The number of ether oxygens (including phenoxy) is 2. The zero-order valence-electron chi connectivity index (χ0n) is 6.64. The average Bonchev–Trinajstić information content (AvgIpc) is 1.97. The van der Waals surface area contributed by atoms with Crippen molar-refractivity contribution in [3.8, 4) is 0 Å². The van der Waals surface area contributed by atoms with E-state index >= 15 is 0 Å². The van der Waals surface area contributed by atoms with E-state index in [0.29, 0.717) is 13.2 Å². The highest BCUT2D eigenvalue weighted by Crippen LogP contribution is 1.75. The molecule has 0 aliphatic carbocycles. The second kappa shape index (κ2) is 8.88. The van der Waals surface area contributed by atoms with Gasteiger partial charge in [0, 0.05) is 6.61 Å². The number of hydrogen-bond donors (Lipinski definition) is 1. The first-order valence-electron chi connectivity index (χ1n) is 3.68. The zero-order chi connectivity index (χ0) is 7.66. The van der Waals surface area contributed by atoms with E-state index in [2.05, 4.69) is 7.05 Å². The molecule has 0 aliphatic heterocycles. The minimum atomic E-state index is 0.696. The lowest BCUT2D eigenvalue weighted by molar-refractivity contribution is -0.597. The van der Waals surface area contributed by atoms with Crippen molar-refractivity contribution in [1.82, 2.24) is 0 Å². The largest absolute Gasteiger partial charge is 0.477 e. The van der Waals surface area contributed by atoms with Crippen molar-refractivity contribution in [2.75, 3.05) is 33.0 Å². The smallest absolute Gasteiger partial charge is 0.0935 e. The summed E-state index contributed by atoms with van der Waals surface area (Å²) in [7, 11) is 3.58. The van der Waals surface area contributed by atoms with Crippen LogP contribution >= 0.6 is 0 Å². The molecule has 62 valence electrons. The molecule has 0 aromatic rings. The Balaban J connectivity index is 2.65. The van der Waals surface area contributed by atoms with Crippen molar-refractivity contribution < 1.29 is 14.8 Å². The van der Waals surface area contributed by atoms with Gasteiger partial charge in [-0.3, -0.25) is 0 Å². The molecule has 0 spiro atoms. The number of nitrogens with two attached hydrogens (primary N) is 1. The van der Waals surface area contributed by atoms with Gasteiger partial charge in [0.15, 0.2) is 0 Å². The quantitative estimate of drug-likeness (QED) is 0.385. The summed E-state index contributed by atoms with van der Waals surface area (Å²) in [6, 6.07) is 0. The summed E-state index contributed by atoms with van der Waals surface area (Å²) in [6.45, 7) is 5.83. The summed E-state index contributed by atoms with van der Waals surface area (Å²) < 4.78 is 10.2. The predicted molar refractivity (Wildman–Crippen MR) is 39.5 cm³/mol. The number of quaternary nitrogens is 1. The first-order valence-corrected chi connectivity index (χ1v) is 3.68. The van der Waals surface area contributed by atoms with Crippen LogP contribution in [0.2, 0.25) is 0 Å². The summed E-state index contributed by atoms with van der Waals surface area (Å²) in [4.78, 5) is 0. The monoisotopic (exact) mass is 147 g/mol. The Kier molecular flexibility index (Phi) is 8.77. The van der Waals surface area contributed by atoms with Crippen molar-refractivity contribution in [3.05, 3.63) is 7.05 Å². The molecule has 0 amide bonds. The van der Waals surface area contributed by atoms with Crippen LogP contribution in [0.1, 0.15) is 6.92 Å². The first-order chi connectivity index (χ1) is 4.91. The molecule has 3 heteroatoms. The Bertz CT molecular complexity index is 51.6. The fourth-order valence-corrected chi connectivity index (χ4v) is 0.531. The van der Waals surface area contributed by atoms with Crippen LogP contribution in [0.25, 0.3) is 0 Å². The van der Waals surface area contributed by atoms with Gasteiger partial charge in [-0.25, -0.2) is 0 Å². The average molecular weight is 147 g/mol. The minimum Gasteiger partial charge on any atom is -0.477 e. The molecule has 0 aromatic heterocycles. The van der Waals surface area contributed by atoms with Gasteiger partial charge in [0.1, 0.15) is 0 Å². The standard InChI is InChI=1S/C7H17NO2/c1-3-9-6-7-10-5-4-8-2/h2-8H2,1H3.